The Bertz CT molecular complexity index is 547. The summed E-state index contributed by atoms with van der Waals surface area (Å²) >= 11 is 0. The summed E-state index contributed by atoms with van der Waals surface area (Å²) in [6, 6.07) is 0. The molecule has 5 N–H and O–H groups in total. The average Bonchev–Trinajstić information content (AvgIpc) is 3.00. The van der Waals surface area contributed by atoms with Gasteiger partial charge < -0.3 is 21.7 Å². The van der Waals surface area contributed by atoms with Crippen LogP contribution in [0.3, 0.4) is 0 Å². The van der Waals surface area contributed by atoms with Crippen LogP contribution in [0.25, 0.3) is 0 Å². The van der Waals surface area contributed by atoms with Gasteiger partial charge in [0.1, 0.15) is 11.6 Å². The van der Waals surface area contributed by atoms with Crippen molar-refractivity contribution in [1.82, 2.24) is 15.3 Å². The first-order chi connectivity index (χ1) is 10.2. The van der Waals surface area contributed by atoms with Crippen LogP contribution in [0.15, 0.2) is 0 Å². The van der Waals surface area contributed by atoms with Crippen molar-refractivity contribution in [3.8, 4) is 0 Å². The Balaban J connectivity index is 1.64. The summed E-state index contributed by atoms with van der Waals surface area (Å²) in [5.41, 5.74) is 13.5. The number of rotatable bonds is 3. The number of nitrogens with one attached hydrogen (secondary N) is 1. The van der Waals surface area contributed by atoms with Crippen LogP contribution in [0, 0.1) is 11.3 Å². The van der Waals surface area contributed by atoms with Crippen LogP contribution in [0.1, 0.15) is 31.2 Å². The second-order valence-electron chi connectivity index (χ2n) is 7.02. The Labute approximate surface area is 125 Å². The summed E-state index contributed by atoms with van der Waals surface area (Å²) in [5, 5.41) is 3.50. The third-order valence-electron chi connectivity index (χ3n) is 5.29. The van der Waals surface area contributed by atoms with E-state index in [0.29, 0.717) is 17.2 Å². The highest BCUT2D eigenvalue weighted by Gasteiger charge is 2.41. The van der Waals surface area contributed by atoms with Gasteiger partial charge in [-0.15, -0.1) is 0 Å². The lowest BCUT2D eigenvalue weighted by Gasteiger charge is -2.25. The highest BCUT2D eigenvalue weighted by molar-refractivity contribution is 5.60. The van der Waals surface area contributed by atoms with Gasteiger partial charge in [0.15, 0.2) is 0 Å². The lowest BCUT2D eigenvalue weighted by atomic mass is 9.86. The van der Waals surface area contributed by atoms with Crippen molar-refractivity contribution < 1.29 is 0 Å². The zero-order chi connectivity index (χ0) is 14.4. The van der Waals surface area contributed by atoms with E-state index in [2.05, 4.69) is 20.2 Å². The molecule has 1 spiro atoms. The van der Waals surface area contributed by atoms with Crippen molar-refractivity contribution in [2.75, 3.05) is 42.5 Å². The van der Waals surface area contributed by atoms with Crippen LogP contribution < -0.4 is 21.7 Å². The van der Waals surface area contributed by atoms with E-state index in [1.165, 1.54) is 25.7 Å². The van der Waals surface area contributed by atoms with Gasteiger partial charge in [-0.25, -0.2) is 0 Å². The largest absolute Gasteiger partial charge is 0.383 e. The maximum atomic E-state index is 6.14. The SMILES string of the molecule is Nc1nc(N)c(CC2CC2)c(N2CCC3(CCNC3)C2)n1. The zero-order valence-corrected chi connectivity index (χ0v) is 12.4. The quantitative estimate of drug-likeness (QED) is 0.761. The van der Waals surface area contributed by atoms with Crippen LogP contribution in [0.5, 0.6) is 0 Å². The van der Waals surface area contributed by atoms with Crippen molar-refractivity contribution in [2.45, 2.75) is 32.1 Å². The second kappa shape index (κ2) is 4.73. The summed E-state index contributed by atoms with van der Waals surface area (Å²) in [4.78, 5) is 11.1. The molecule has 1 aliphatic carbocycles. The fraction of sp³-hybridized carbons (Fsp3) is 0.733. The Morgan fingerprint density at radius 2 is 2.10 bits per heavy atom. The topological polar surface area (TPSA) is 93.1 Å². The van der Waals surface area contributed by atoms with Crippen molar-refractivity contribution in [1.29, 1.82) is 0 Å². The molecular weight excluding hydrogens is 264 g/mol. The van der Waals surface area contributed by atoms with E-state index in [9.17, 15) is 0 Å². The van der Waals surface area contributed by atoms with Gasteiger partial charge in [-0.2, -0.15) is 9.97 Å². The van der Waals surface area contributed by atoms with E-state index >= 15 is 0 Å². The molecule has 21 heavy (non-hydrogen) atoms. The predicted octanol–water partition coefficient (Wildman–Crippen LogP) is 0.783. The van der Waals surface area contributed by atoms with E-state index in [1.54, 1.807) is 0 Å². The summed E-state index contributed by atoms with van der Waals surface area (Å²) in [6.45, 7) is 4.37. The summed E-state index contributed by atoms with van der Waals surface area (Å²) in [6.07, 6.45) is 6.10. The normalized spacial score (nSPS) is 28.7. The van der Waals surface area contributed by atoms with Crippen LogP contribution in [-0.2, 0) is 6.42 Å². The van der Waals surface area contributed by atoms with E-state index < -0.39 is 0 Å². The minimum Gasteiger partial charge on any atom is -0.383 e. The highest BCUT2D eigenvalue weighted by atomic mass is 15.2. The van der Waals surface area contributed by atoms with Gasteiger partial charge in [0, 0.05) is 30.6 Å². The lowest BCUT2D eigenvalue weighted by molar-refractivity contribution is 0.369. The highest BCUT2D eigenvalue weighted by Crippen LogP contribution is 2.41. The molecule has 0 aromatic carbocycles. The number of anilines is 3. The number of nitrogens with two attached hydrogens (primary N) is 2. The molecule has 1 aromatic rings. The standard InChI is InChI=1S/C15H24N6/c16-12-11(7-10-1-2-10)13(20-14(17)19-12)21-6-4-15(9-21)3-5-18-8-15/h10,18H,1-9H2,(H4,16,17,19,20). The number of hydrogen-bond acceptors (Lipinski definition) is 6. The monoisotopic (exact) mass is 288 g/mol. The van der Waals surface area contributed by atoms with Crippen molar-refractivity contribution in [2.24, 2.45) is 11.3 Å². The Morgan fingerprint density at radius 1 is 1.24 bits per heavy atom. The van der Waals surface area contributed by atoms with Gasteiger partial charge in [0.2, 0.25) is 5.95 Å². The molecule has 0 bridgehead atoms. The van der Waals surface area contributed by atoms with Gasteiger partial charge in [0.25, 0.3) is 0 Å². The van der Waals surface area contributed by atoms with E-state index in [1.807, 2.05) is 0 Å². The maximum absolute atomic E-state index is 6.14. The number of hydrogen-bond donors (Lipinski definition) is 3. The molecule has 2 saturated heterocycles. The molecule has 6 nitrogen and oxygen atoms in total. The molecule has 6 heteroatoms. The van der Waals surface area contributed by atoms with Gasteiger partial charge in [-0.1, -0.05) is 0 Å². The van der Waals surface area contributed by atoms with Crippen LogP contribution >= 0.6 is 0 Å². The first-order valence-electron chi connectivity index (χ1n) is 8.03. The second-order valence-corrected chi connectivity index (χ2v) is 7.02. The maximum Gasteiger partial charge on any atom is 0.223 e. The Kier molecular flexibility index (Phi) is 2.96. The van der Waals surface area contributed by atoms with E-state index in [0.717, 1.165) is 49.9 Å². The molecule has 1 aromatic heterocycles. The molecule has 0 amide bonds. The third kappa shape index (κ3) is 2.41. The molecule has 2 aliphatic heterocycles. The molecule has 3 heterocycles. The van der Waals surface area contributed by atoms with Gasteiger partial charge >= 0.3 is 0 Å². The minimum absolute atomic E-state index is 0.299. The molecule has 1 unspecified atom stereocenters. The fourth-order valence-electron chi connectivity index (χ4n) is 3.83. The average molecular weight is 288 g/mol. The molecule has 1 saturated carbocycles. The molecule has 4 rings (SSSR count). The van der Waals surface area contributed by atoms with Gasteiger partial charge in [-0.05, 0) is 44.6 Å². The van der Waals surface area contributed by atoms with Crippen molar-refractivity contribution in [3.05, 3.63) is 5.56 Å². The van der Waals surface area contributed by atoms with Gasteiger partial charge in [0.05, 0.1) is 0 Å². The van der Waals surface area contributed by atoms with Crippen molar-refractivity contribution in [3.63, 3.8) is 0 Å². The van der Waals surface area contributed by atoms with E-state index in [-0.39, 0.29) is 0 Å². The molecular formula is C15H24N6. The molecule has 0 radical (unpaired) electrons. The summed E-state index contributed by atoms with van der Waals surface area (Å²) < 4.78 is 0. The third-order valence-corrected chi connectivity index (χ3v) is 5.29. The van der Waals surface area contributed by atoms with Crippen LogP contribution in [0.4, 0.5) is 17.6 Å². The number of aromatic nitrogens is 2. The molecule has 3 fully saturated rings. The first-order valence-corrected chi connectivity index (χ1v) is 8.03. The predicted molar refractivity (Wildman–Crippen MR) is 84.0 cm³/mol. The smallest absolute Gasteiger partial charge is 0.223 e. The summed E-state index contributed by atoms with van der Waals surface area (Å²) in [7, 11) is 0. The minimum atomic E-state index is 0.299. The Hall–Kier alpha value is -1.56. The first kappa shape index (κ1) is 13.1. The van der Waals surface area contributed by atoms with E-state index in [4.69, 9.17) is 11.5 Å². The number of nitrogens with zero attached hydrogens (tertiary/aromatic N) is 3. The number of nitrogen functional groups attached to an aromatic ring is 2. The van der Waals surface area contributed by atoms with Gasteiger partial charge in [-0.3, -0.25) is 0 Å². The lowest BCUT2D eigenvalue weighted by Crippen LogP contribution is -2.30. The van der Waals surface area contributed by atoms with Crippen molar-refractivity contribution >= 4 is 17.6 Å². The fourth-order valence-corrected chi connectivity index (χ4v) is 3.83. The van der Waals surface area contributed by atoms with Crippen LogP contribution in [0.2, 0.25) is 0 Å². The Morgan fingerprint density at radius 3 is 2.81 bits per heavy atom. The zero-order valence-electron chi connectivity index (χ0n) is 12.4. The molecule has 3 aliphatic rings. The molecule has 1 atom stereocenters. The molecule has 114 valence electrons. The van der Waals surface area contributed by atoms with Crippen LogP contribution in [-0.4, -0.2) is 36.1 Å². The summed E-state index contributed by atoms with van der Waals surface area (Å²) in [5.74, 6) is 2.64.